The van der Waals surface area contributed by atoms with Crippen LogP contribution in [-0.4, -0.2) is 43.4 Å². The van der Waals surface area contributed by atoms with E-state index in [1.807, 2.05) is 18.7 Å². The average Bonchev–Trinajstić information content (AvgIpc) is 2.48. The number of morpholine rings is 1. The molecular formula is C16H20F2N2O2. The minimum absolute atomic E-state index is 0.0601. The van der Waals surface area contributed by atoms with E-state index >= 15 is 0 Å². The van der Waals surface area contributed by atoms with Crippen molar-refractivity contribution in [2.45, 2.75) is 32.6 Å². The Morgan fingerprint density at radius 2 is 2.18 bits per heavy atom. The van der Waals surface area contributed by atoms with E-state index in [9.17, 15) is 8.78 Å². The highest BCUT2D eigenvalue weighted by atomic mass is 19.1. The molecule has 0 bridgehead atoms. The molecule has 1 heterocycles. The van der Waals surface area contributed by atoms with Gasteiger partial charge in [-0.3, -0.25) is 4.90 Å². The molecule has 120 valence electrons. The number of hydrogen-bond donors (Lipinski definition) is 0. The van der Waals surface area contributed by atoms with Crippen molar-refractivity contribution < 1.29 is 18.3 Å². The third-order valence-corrected chi connectivity index (χ3v) is 3.49. The lowest BCUT2D eigenvalue weighted by Crippen LogP contribution is -2.44. The number of rotatable bonds is 5. The van der Waals surface area contributed by atoms with Gasteiger partial charge in [0, 0.05) is 31.3 Å². The van der Waals surface area contributed by atoms with E-state index in [0.717, 1.165) is 6.07 Å². The summed E-state index contributed by atoms with van der Waals surface area (Å²) in [6.45, 7) is 6.55. The van der Waals surface area contributed by atoms with Gasteiger partial charge < -0.3 is 9.47 Å². The Morgan fingerprint density at radius 1 is 1.41 bits per heavy atom. The van der Waals surface area contributed by atoms with Gasteiger partial charge in [0.05, 0.1) is 31.0 Å². The first-order valence-electron chi connectivity index (χ1n) is 7.33. The summed E-state index contributed by atoms with van der Waals surface area (Å²) in [5, 5.41) is 8.84. The van der Waals surface area contributed by atoms with E-state index in [1.54, 1.807) is 6.07 Å². The van der Waals surface area contributed by atoms with Crippen molar-refractivity contribution in [1.29, 1.82) is 5.26 Å². The smallest absolute Gasteiger partial charge is 0.143 e. The molecule has 1 saturated heterocycles. The number of nitriles is 1. The van der Waals surface area contributed by atoms with Crippen LogP contribution in [0.1, 0.15) is 25.0 Å². The van der Waals surface area contributed by atoms with Crippen LogP contribution in [0.4, 0.5) is 8.78 Å². The highest BCUT2D eigenvalue weighted by Gasteiger charge is 2.22. The van der Waals surface area contributed by atoms with Crippen LogP contribution in [-0.2, 0) is 16.0 Å². The molecule has 0 amide bonds. The number of benzene rings is 1. The van der Waals surface area contributed by atoms with Crippen LogP contribution in [0.15, 0.2) is 12.1 Å². The molecule has 6 heteroatoms. The van der Waals surface area contributed by atoms with E-state index in [-0.39, 0.29) is 17.8 Å². The lowest BCUT2D eigenvalue weighted by Gasteiger charge is -2.33. The minimum atomic E-state index is -0.825. The molecule has 1 aliphatic rings. The lowest BCUT2D eigenvalue weighted by molar-refractivity contribution is -0.0815. The van der Waals surface area contributed by atoms with Gasteiger partial charge in [-0.15, -0.1) is 0 Å². The molecule has 22 heavy (non-hydrogen) atoms. The van der Waals surface area contributed by atoms with Crippen LogP contribution in [0.2, 0.25) is 0 Å². The molecule has 1 aliphatic heterocycles. The molecule has 0 radical (unpaired) electrons. The molecule has 4 nitrogen and oxygen atoms in total. The summed E-state index contributed by atoms with van der Waals surface area (Å²) >= 11 is 0. The summed E-state index contributed by atoms with van der Waals surface area (Å²) in [6.07, 6.45) is 0.0711. The van der Waals surface area contributed by atoms with Gasteiger partial charge in [-0.1, -0.05) is 0 Å². The first-order chi connectivity index (χ1) is 10.5. The van der Waals surface area contributed by atoms with Crippen LogP contribution in [0.25, 0.3) is 0 Å². The zero-order valence-corrected chi connectivity index (χ0v) is 12.8. The van der Waals surface area contributed by atoms with Crippen molar-refractivity contribution in [2.75, 3.05) is 26.3 Å². The maximum Gasteiger partial charge on any atom is 0.143 e. The Morgan fingerprint density at radius 3 is 2.86 bits per heavy atom. The molecule has 1 unspecified atom stereocenters. The third kappa shape index (κ3) is 4.47. The molecule has 1 atom stereocenters. The van der Waals surface area contributed by atoms with E-state index in [4.69, 9.17) is 14.7 Å². The molecule has 1 fully saturated rings. The lowest BCUT2D eigenvalue weighted by atomic mass is 10.1. The Kier molecular flexibility index (Phi) is 5.83. The quantitative estimate of drug-likeness (QED) is 0.838. The van der Waals surface area contributed by atoms with Gasteiger partial charge in [-0.2, -0.15) is 5.26 Å². The molecule has 0 saturated carbocycles. The van der Waals surface area contributed by atoms with E-state index < -0.39 is 11.6 Å². The molecule has 1 aromatic carbocycles. The van der Waals surface area contributed by atoms with Crippen molar-refractivity contribution in [3.05, 3.63) is 34.9 Å². The van der Waals surface area contributed by atoms with Crippen molar-refractivity contribution in [1.82, 2.24) is 4.90 Å². The fourth-order valence-corrected chi connectivity index (χ4v) is 2.37. The van der Waals surface area contributed by atoms with Gasteiger partial charge in [0.25, 0.3) is 0 Å². The van der Waals surface area contributed by atoms with E-state index in [0.29, 0.717) is 38.4 Å². The predicted octanol–water partition coefficient (Wildman–Crippen LogP) is 2.46. The Labute approximate surface area is 129 Å². The second-order valence-corrected chi connectivity index (χ2v) is 5.65. The molecule has 0 aromatic heterocycles. The van der Waals surface area contributed by atoms with Gasteiger partial charge in [0.1, 0.15) is 17.7 Å². The third-order valence-electron chi connectivity index (χ3n) is 3.49. The summed E-state index contributed by atoms with van der Waals surface area (Å²) in [5.41, 5.74) is 0.188. The van der Waals surface area contributed by atoms with Crippen LogP contribution in [0.5, 0.6) is 0 Å². The predicted molar refractivity (Wildman–Crippen MR) is 77.2 cm³/mol. The zero-order chi connectivity index (χ0) is 16.1. The maximum atomic E-state index is 13.8. The summed E-state index contributed by atoms with van der Waals surface area (Å²) in [4.78, 5) is 2.02. The zero-order valence-electron chi connectivity index (χ0n) is 12.8. The molecular weight excluding hydrogens is 290 g/mol. The van der Waals surface area contributed by atoms with Crippen molar-refractivity contribution in [3.63, 3.8) is 0 Å². The molecule has 1 aromatic rings. The van der Waals surface area contributed by atoms with E-state index in [2.05, 4.69) is 0 Å². The van der Waals surface area contributed by atoms with Gasteiger partial charge >= 0.3 is 0 Å². The van der Waals surface area contributed by atoms with Crippen LogP contribution in [0.3, 0.4) is 0 Å². The van der Waals surface area contributed by atoms with Gasteiger partial charge in [-0.25, -0.2) is 8.78 Å². The van der Waals surface area contributed by atoms with Crippen LogP contribution >= 0.6 is 0 Å². The maximum absolute atomic E-state index is 13.8. The number of ether oxygens (including phenoxy) is 2. The standard InChI is InChI=1S/C16H20F2N2O2/c1-11(2)22-10-14-9-20(3-4-21-14)8-13-5-12(7-19)15(17)6-16(13)18/h5-6,11,14H,3-4,8-10H2,1-2H3. The Balaban J connectivity index is 2.00. The van der Waals surface area contributed by atoms with Gasteiger partial charge in [0.2, 0.25) is 0 Å². The average molecular weight is 310 g/mol. The highest BCUT2D eigenvalue weighted by Crippen LogP contribution is 2.18. The molecule has 0 aliphatic carbocycles. The normalized spacial score (nSPS) is 19.4. The first-order valence-corrected chi connectivity index (χ1v) is 7.33. The van der Waals surface area contributed by atoms with Crippen LogP contribution in [0, 0.1) is 23.0 Å². The van der Waals surface area contributed by atoms with Crippen molar-refractivity contribution in [2.24, 2.45) is 0 Å². The van der Waals surface area contributed by atoms with E-state index in [1.165, 1.54) is 6.07 Å². The Hall–Kier alpha value is -1.55. The van der Waals surface area contributed by atoms with Crippen LogP contribution < -0.4 is 0 Å². The highest BCUT2D eigenvalue weighted by molar-refractivity contribution is 5.35. The van der Waals surface area contributed by atoms with Crippen molar-refractivity contribution >= 4 is 0 Å². The van der Waals surface area contributed by atoms with Crippen molar-refractivity contribution in [3.8, 4) is 6.07 Å². The molecule has 0 N–H and O–H groups in total. The molecule has 2 rings (SSSR count). The second-order valence-electron chi connectivity index (χ2n) is 5.65. The number of nitrogens with zero attached hydrogens (tertiary/aromatic N) is 2. The minimum Gasteiger partial charge on any atom is -0.376 e. The number of hydrogen-bond acceptors (Lipinski definition) is 4. The summed E-state index contributed by atoms with van der Waals surface area (Å²) < 4.78 is 38.3. The summed E-state index contributed by atoms with van der Waals surface area (Å²) in [5.74, 6) is -1.45. The topological polar surface area (TPSA) is 45.5 Å². The largest absolute Gasteiger partial charge is 0.376 e. The van der Waals surface area contributed by atoms with Gasteiger partial charge in [0.15, 0.2) is 0 Å². The van der Waals surface area contributed by atoms with Gasteiger partial charge in [-0.05, 0) is 19.9 Å². The Bertz CT molecular complexity index is 558. The summed E-state index contributed by atoms with van der Waals surface area (Å²) in [6, 6.07) is 3.79. The monoisotopic (exact) mass is 310 g/mol. The summed E-state index contributed by atoms with van der Waals surface area (Å²) in [7, 11) is 0. The second kappa shape index (κ2) is 7.63. The number of halogens is 2. The first kappa shape index (κ1) is 16.8. The fourth-order valence-electron chi connectivity index (χ4n) is 2.37. The SMILES string of the molecule is CC(C)OCC1CN(Cc2cc(C#N)c(F)cc2F)CCO1. The molecule has 0 spiro atoms. The fraction of sp³-hybridized carbons (Fsp3) is 0.562.